The minimum atomic E-state index is -0.775. The van der Waals surface area contributed by atoms with Crippen molar-refractivity contribution in [1.82, 2.24) is 9.61 Å². The van der Waals surface area contributed by atoms with Gasteiger partial charge >= 0.3 is 5.97 Å². The summed E-state index contributed by atoms with van der Waals surface area (Å²) in [5.41, 5.74) is 7.78. The molecule has 0 spiro atoms. The number of unbranched alkanes of at least 4 members (excludes halogenated alkanes) is 1. The molecule has 4 aromatic rings. The van der Waals surface area contributed by atoms with Crippen LogP contribution in [0.1, 0.15) is 43.0 Å². The van der Waals surface area contributed by atoms with E-state index in [0.29, 0.717) is 18.4 Å². The van der Waals surface area contributed by atoms with Gasteiger partial charge in [-0.05, 0) is 61.1 Å². The number of fused-ring (bicyclic) bond motifs is 1. The average molecular weight is 424 g/mol. The Bertz CT molecular complexity index is 1300. The molecule has 32 heavy (non-hydrogen) atoms. The van der Waals surface area contributed by atoms with Crippen molar-refractivity contribution < 1.29 is 9.90 Å². The van der Waals surface area contributed by atoms with Crippen molar-refractivity contribution in [1.29, 1.82) is 5.26 Å². The van der Waals surface area contributed by atoms with Crippen molar-refractivity contribution in [2.24, 2.45) is 0 Å². The monoisotopic (exact) mass is 423 g/mol. The summed E-state index contributed by atoms with van der Waals surface area (Å²) in [6.45, 7) is 2.11. The number of nitrogens with zero attached hydrogens (tertiary/aromatic N) is 3. The highest BCUT2D eigenvalue weighted by Crippen LogP contribution is 2.36. The topological polar surface area (TPSA) is 78.4 Å². The highest BCUT2D eigenvalue weighted by atomic mass is 16.4. The first-order chi connectivity index (χ1) is 15.6. The second-order valence-electron chi connectivity index (χ2n) is 7.84. The maximum Gasteiger partial charge on any atom is 0.303 e. The van der Waals surface area contributed by atoms with Crippen LogP contribution in [-0.2, 0) is 17.6 Å². The fourth-order valence-corrected chi connectivity index (χ4v) is 4.20. The molecule has 2 heterocycles. The Kier molecular flexibility index (Phi) is 6.32. The van der Waals surface area contributed by atoms with E-state index < -0.39 is 5.97 Å². The first kappa shape index (κ1) is 21.3. The van der Waals surface area contributed by atoms with E-state index in [9.17, 15) is 10.1 Å². The first-order valence-corrected chi connectivity index (χ1v) is 10.9. The summed E-state index contributed by atoms with van der Waals surface area (Å²) in [5.74, 6) is -0.775. The molecule has 4 rings (SSSR count). The van der Waals surface area contributed by atoms with E-state index in [0.717, 1.165) is 52.0 Å². The van der Waals surface area contributed by atoms with E-state index in [4.69, 9.17) is 10.2 Å². The number of benzene rings is 2. The molecule has 0 aliphatic carbocycles. The van der Waals surface area contributed by atoms with Gasteiger partial charge in [-0.15, -0.1) is 0 Å². The number of aryl methyl sites for hydroxylation is 1. The number of nitriles is 1. The molecule has 0 aliphatic rings. The summed E-state index contributed by atoms with van der Waals surface area (Å²) in [5, 5.41) is 23.6. The Morgan fingerprint density at radius 3 is 2.53 bits per heavy atom. The van der Waals surface area contributed by atoms with Crippen LogP contribution in [0.3, 0.4) is 0 Å². The summed E-state index contributed by atoms with van der Waals surface area (Å²) in [7, 11) is 0. The lowest BCUT2D eigenvalue weighted by molar-refractivity contribution is -0.137. The number of rotatable bonds is 8. The Labute approximate surface area is 187 Å². The van der Waals surface area contributed by atoms with Gasteiger partial charge in [0.2, 0.25) is 0 Å². The lowest BCUT2D eigenvalue weighted by atomic mass is 9.91. The molecule has 0 amide bonds. The van der Waals surface area contributed by atoms with Crippen LogP contribution in [0.2, 0.25) is 0 Å². The molecule has 0 radical (unpaired) electrons. The van der Waals surface area contributed by atoms with Gasteiger partial charge in [0.05, 0.1) is 22.8 Å². The van der Waals surface area contributed by atoms with Crippen LogP contribution in [0.5, 0.6) is 0 Å². The van der Waals surface area contributed by atoms with Crippen molar-refractivity contribution in [2.45, 2.75) is 39.0 Å². The smallest absolute Gasteiger partial charge is 0.303 e. The zero-order valence-electron chi connectivity index (χ0n) is 18.1. The molecule has 0 fully saturated rings. The molecule has 1 N–H and O–H groups in total. The molecule has 0 aliphatic heterocycles. The SMILES string of the molecule is CCc1ccc2c(-c3cccc(C#N)c3)c(CCCCC(=O)O)c(-c3ccccc3)nn12. The van der Waals surface area contributed by atoms with Crippen molar-refractivity contribution in [3.05, 3.63) is 83.6 Å². The number of hydrogen-bond acceptors (Lipinski definition) is 3. The maximum absolute atomic E-state index is 11.0. The molecular formula is C27H25N3O2. The van der Waals surface area contributed by atoms with Crippen molar-refractivity contribution >= 4 is 11.5 Å². The van der Waals surface area contributed by atoms with Crippen LogP contribution in [0.15, 0.2) is 66.7 Å². The number of aliphatic carboxylic acids is 1. The van der Waals surface area contributed by atoms with Crippen LogP contribution < -0.4 is 0 Å². The molecule has 5 nitrogen and oxygen atoms in total. The van der Waals surface area contributed by atoms with Gasteiger partial charge in [0.15, 0.2) is 0 Å². The quantitative estimate of drug-likeness (QED) is 0.358. The van der Waals surface area contributed by atoms with Crippen LogP contribution in [-0.4, -0.2) is 20.7 Å². The average Bonchev–Trinajstić information content (AvgIpc) is 3.24. The van der Waals surface area contributed by atoms with Gasteiger partial charge in [0.1, 0.15) is 0 Å². The van der Waals surface area contributed by atoms with Crippen LogP contribution in [0.25, 0.3) is 27.9 Å². The fourth-order valence-electron chi connectivity index (χ4n) is 4.20. The van der Waals surface area contributed by atoms with E-state index in [1.165, 1.54) is 0 Å². The van der Waals surface area contributed by atoms with Gasteiger partial charge in [-0.25, -0.2) is 4.52 Å². The van der Waals surface area contributed by atoms with E-state index >= 15 is 0 Å². The predicted molar refractivity (Wildman–Crippen MR) is 125 cm³/mol. The summed E-state index contributed by atoms with van der Waals surface area (Å²) < 4.78 is 2.01. The van der Waals surface area contributed by atoms with E-state index in [1.54, 1.807) is 0 Å². The normalized spacial score (nSPS) is 10.9. The van der Waals surface area contributed by atoms with Crippen LogP contribution >= 0.6 is 0 Å². The predicted octanol–water partition coefficient (Wildman–Crippen LogP) is 5.90. The van der Waals surface area contributed by atoms with Crippen LogP contribution in [0, 0.1) is 11.3 Å². The summed E-state index contributed by atoms with van der Waals surface area (Å²) >= 11 is 0. The standard InChI is InChI=1S/C27H25N3O2/c1-2-22-15-16-24-26(21-12-8-9-19(17-21)18-28)23(13-6-7-14-25(31)32)27(29-30(22)24)20-10-4-3-5-11-20/h3-5,8-12,15-17H,2,6-7,13-14H2,1H3,(H,31,32). The third kappa shape index (κ3) is 4.26. The van der Waals surface area contributed by atoms with Gasteiger partial charge in [-0.2, -0.15) is 10.4 Å². The third-order valence-electron chi connectivity index (χ3n) is 5.73. The Morgan fingerprint density at radius 2 is 1.81 bits per heavy atom. The second-order valence-corrected chi connectivity index (χ2v) is 7.84. The zero-order valence-corrected chi connectivity index (χ0v) is 18.1. The van der Waals surface area contributed by atoms with Gasteiger partial charge in [-0.3, -0.25) is 4.79 Å². The summed E-state index contributed by atoms with van der Waals surface area (Å²) in [4.78, 5) is 11.0. The van der Waals surface area contributed by atoms with Gasteiger partial charge in [0.25, 0.3) is 0 Å². The van der Waals surface area contributed by atoms with Gasteiger partial charge in [-0.1, -0.05) is 49.4 Å². The molecule has 0 atom stereocenters. The fraction of sp³-hybridized carbons (Fsp3) is 0.222. The largest absolute Gasteiger partial charge is 0.481 e. The second kappa shape index (κ2) is 9.49. The molecule has 2 aromatic heterocycles. The van der Waals surface area contributed by atoms with Crippen LogP contribution in [0.4, 0.5) is 0 Å². The lowest BCUT2D eigenvalue weighted by Crippen LogP contribution is -2.06. The molecule has 2 aromatic carbocycles. The summed E-state index contributed by atoms with van der Waals surface area (Å²) in [6, 6.07) is 24.2. The Morgan fingerprint density at radius 1 is 1.03 bits per heavy atom. The minimum Gasteiger partial charge on any atom is -0.481 e. The van der Waals surface area contributed by atoms with E-state index in [1.807, 2.05) is 47.0 Å². The lowest BCUT2D eigenvalue weighted by Gasteiger charge is -2.18. The summed E-state index contributed by atoms with van der Waals surface area (Å²) in [6.07, 6.45) is 3.06. The molecule has 0 saturated heterocycles. The number of carbonyl (C=O) groups is 1. The number of aromatic nitrogens is 2. The number of carboxylic acid groups (broad SMARTS) is 1. The first-order valence-electron chi connectivity index (χ1n) is 10.9. The molecular weight excluding hydrogens is 398 g/mol. The molecule has 160 valence electrons. The molecule has 0 bridgehead atoms. The number of carboxylic acids is 1. The minimum absolute atomic E-state index is 0.153. The van der Waals surface area contributed by atoms with Crippen molar-refractivity contribution in [3.8, 4) is 28.5 Å². The maximum atomic E-state index is 11.0. The van der Waals surface area contributed by atoms with Gasteiger partial charge in [0, 0.05) is 23.2 Å². The molecule has 5 heteroatoms. The van der Waals surface area contributed by atoms with Gasteiger partial charge < -0.3 is 5.11 Å². The molecule has 0 unspecified atom stereocenters. The molecule has 0 saturated carbocycles. The van der Waals surface area contributed by atoms with E-state index in [2.05, 4.69) is 37.3 Å². The van der Waals surface area contributed by atoms with Crippen molar-refractivity contribution in [2.75, 3.05) is 0 Å². The van der Waals surface area contributed by atoms with E-state index in [-0.39, 0.29) is 6.42 Å². The Balaban J connectivity index is 1.98. The highest BCUT2D eigenvalue weighted by molar-refractivity contribution is 5.88. The van der Waals surface area contributed by atoms with Crippen molar-refractivity contribution in [3.63, 3.8) is 0 Å². The zero-order chi connectivity index (χ0) is 22.5. The number of hydrogen-bond donors (Lipinski definition) is 1. The Hall–Kier alpha value is -3.91. The third-order valence-corrected chi connectivity index (χ3v) is 5.73. The highest BCUT2D eigenvalue weighted by Gasteiger charge is 2.20.